The van der Waals surface area contributed by atoms with E-state index in [1.807, 2.05) is 37.4 Å². The highest BCUT2D eigenvalue weighted by Gasteiger charge is 2.17. The van der Waals surface area contributed by atoms with Gasteiger partial charge in [-0.2, -0.15) is 4.98 Å². The summed E-state index contributed by atoms with van der Waals surface area (Å²) >= 11 is 1.68. The molecule has 2 heterocycles. The van der Waals surface area contributed by atoms with Crippen LogP contribution in [-0.4, -0.2) is 33.4 Å². The third kappa shape index (κ3) is 4.30. The number of nitrogens with zero attached hydrogens (tertiary/aromatic N) is 3. The number of fused-ring (bicyclic) bond motifs is 1. The summed E-state index contributed by atoms with van der Waals surface area (Å²) in [5.41, 5.74) is 3.25. The fraction of sp³-hybridized carbons (Fsp3) is 0.238. The number of hydrogen-bond acceptors (Lipinski definition) is 7. The lowest BCUT2D eigenvalue weighted by molar-refractivity contribution is 0.0910. The molecule has 4 rings (SSSR count). The van der Waals surface area contributed by atoms with Crippen LogP contribution in [0.5, 0.6) is 0 Å². The van der Waals surface area contributed by atoms with Crippen LogP contribution in [0.25, 0.3) is 11.1 Å². The highest BCUT2D eigenvalue weighted by atomic mass is 32.2. The van der Waals surface area contributed by atoms with Gasteiger partial charge >= 0.3 is 17.6 Å². The third-order valence-corrected chi connectivity index (χ3v) is 5.39. The number of hydrogen-bond donors (Lipinski definition) is 1. The number of oxazole rings is 1. The van der Waals surface area contributed by atoms with Gasteiger partial charge in [0, 0.05) is 11.4 Å². The lowest BCUT2D eigenvalue weighted by Crippen LogP contribution is -2.26. The van der Waals surface area contributed by atoms with Crippen LogP contribution in [0.15, 0.2) is 61.1 Å². The Bertz CT molecular complexity index is 1240. The number of benzene rings is 2. The second-order valence-corrected chi connectivity index (χ2v) is 7.67. The first-order valence-corrected chi connectivity index (χ1v) is 10.6. The quantitative estimate of drug-likeness (QED) is 0.455. The average molecular weight is 424 g/mol. The van der Waals surface area contributed by atoms with E-state index in [0.717, 1.165) is 11.1 Å². The predicted molar refractivity (Wildman–Crippen MR) is 113 cm³/mol. The highest BCUT2D eigenvalue weighted by Crippen LogP contribution is 2.16. The Labute approximate surface area is 176 Å². The van der Waals surface area contributed by atoms with Gasteiger partial charge in [-0.05, 0) is 55.0 Å². The van der Waals surface area contributed by atoms with Crippen molar-refractivity contribution < 1.29 is 13.7 Å². The van der Waals surface area contributed by atoms with Crippen LogP contribution >= 0.6 is 11.8 Å². The summed E-state index contributed by atoms with van der Waals surface area (Å²) in [4.78, 5) is 29.7. The van der Waals surface area contributed by atoms with E-state index in [1.54, 1.807) is 17.8 Å². The maximum atomic E-state index is 12.3. The minimum Gasteiger partial charge on any atom is -0.408 e. The van der Waals surface area contributed by atoms with Gasteiger partial charge in [-0.1, -0.05) is 23.4 Å². The fourth-order valence-corrected chi connectivity index (χ4v) is 3.47. The zero-order valence-electron chi connectivity index (χ0n) is 16.5. The van der Waals surface area contributed by atoms with Gasteiger partial charge in [0.15, 0.2) is 11.4 Å². The van der Waals surface area contributed by atoms with Crippen molar-refractivity contribution in [2.75, 3.05) is 12.8 Å². The van der Waals surface area contributed by atoms with Gasteiger partial charge < -0.3 is 14.3 Å². The van der Waals surface area contributed by atoms with Gasteiger partial charge in [-0.25, -0.2) is 4.79 Å². The Balaban J connectivity index is 1.39. The summed E-state index contributed by atoms with van der Waals surface area (Å²) in [6.07, 6.45) is 2.72. The summed E-state index contributed by atoms with van der Waals surface area (Å²) in [5.74, 6) is -0.882. The van der Waals surface area contributed by atoms with Crippen LogP contribution in [0.3, 0.4) is 0 Å². The lowest BCUT2D eigenvalue weighted by Gasteiger charge is -2.03. The van der Waals surface area contributed by atoms with Crippen LogP contribution in [0.4, 0.5) is 0 Å². The maximum Gasteiger partial charge on any atom is 0.420 e. The summed E-state index contributed by atoms with van der Waals surface area (Å²) in [7, 11) is 0. The molecular weight excluding hydrogens is 404 g/mol. The molecule has 0 aliphatic rings. The molecule has 0 bridgehead atoms. The minimum atomic E-state index is -0.515. The molecule has 0 aliphatic carbocycles. The van der Waals surface area contributed by atoms with Crippen LogP contribution in [-0.2, 0) is 13.0 Å². The zero-order valence-corrected chi connectivity index (χ0v) is 17.4. The van der Waals surface area contributed by atoms with Gasteiger partial charge in [-0.15, -0.1) is 11.8 Å². The third-order valence-electron chi connectivity index (χ3n) is 4.64. The van der Waals surface area contributed by atoms with E-state index in [1.165, 1.54) is 9.46 Å². The average Bonchev–Trinajstić information content (AvgIpc) is 3.34. The molecule has 0 spiro atoms. The topological polar surface area (TPSA) is 103 Å². The molecule has 2 aromatic carbocycles. The number of aryl methyl sites for hydroxylation is 1. The van der Waals surface area contributed by atoms with Crippen LogP contribution in [0.2, 0.25) is 0 Å². The second-order valence-electron chi connectivity index (χ2n) is 6.80. The maximum absolute atomic E-state index is 12.3. The Hall–Kier alpha value is -3.33. The summed E-state index contributed by atoms with van der Waals surface area (Å²) in [6, 6.07) is 13.6. The number of thioether (sulfide) groups is 1. The first kappa shape index (κ1) is 20.0. The van der Waals surface area contributed by atoms with E-state index in [0.29, 0.717) is 24.1 Å². The molecule has 9 heteroatoms. The van der Waals surface area contributed by atoms with Gasteiger partial charge in [-0.3, -0.25) is 9.36 Å². The first-order valence-electron chi connectivity index (χ1n) is 9.37. The summed E-state index contributed by atoms with van der Waals surface area (Å²) in [6.45, 7) is 2.42. The van der Waals surface area contributed by atoms with Crippen molar-refractivity contribution in [2.24, 2.45) is 0 Å². The molecule has 0 fully saturated rings. The molecule has 2 aromatic heterocycles. The highest BCUT2D eigenvalue weighted by molar-refractivity contribution is 7.98. The Kier molecular flexibility index (Phi) is 5.71. The molecule has 154 valence electrons. The SMILES string of the molecule is CSc1ccc(CCNC(=O)c2nc(Cn3c(=O)oc4ccc(C)cc43)no2)cc1. The first-order chi connectivity index (χ1) is 14.5. The van der Waals surface area contributed by atoms with Crippen molar-refractivity contribution in [3.63, 3.8) is 0 Å². The molecule has 0 unspecified atom stereocenters. The number of rotatable bonds is 7. The monoisotopic (exact) mass is 424 g/mol. The number of amides is 1. The van der Waals surface area contributed by atoms with Gasteiger partial charge in [0.2, 0.25) is 0 Å². The van der Waals surface area contributed by atoms with E-state index < -0.39 is 11.7 Å². The van der Waals surface area contributed by atoms with Crippen LogP contribution in [0.1, 0.15) is 27.6 Å². The number of carbonyl (C=O) groups excluding carboxylic acids is 1. The molecule has 0 atom stereocenters. The fourth-order valence-electron chi connectivity index (χ4n) is 3.06. The van der Waals surface area contributed by atoms with E-state index in [9.17, 15) is 9.59 Å². The van der Waals surface area contributed by atoms with E-state index in [-0.39, 0.29) is 18.3 Å². The zero-order chi connectivity index (χ0) is 21.1. The van der Waals surface area contributed by atoms with Crippen molar-refractivity contribution in [3.05, 3.63) is 75.9 Å². The summed E-state index contributed by atoms with van der Waals surface area (Å²) in [5, 5.41) is 6.59. The molecule has 0 radical (unpaired) electrons. The van der Waals surface area contributed by atoms with Crippen molar-refractivity contribution in [1.82, 2.24) is 20.0 Å². The molecule has 4 aromatic rings. The molecule has 0 saturated carbocycles. The standard InChI is InChI=1S/C21H20N4O4S/c1-13-3-8-17-16(11-13)25(21(27)28-17)12-18-23-20(29-24-18)19(26)22-10-9-14-4-6-15(30-2)7-5-14/h3-8,11H,9-10,12H2,1-2H3,(H,22,26). The van der Waals surface area contributed by atoms with Crippen molar-refractivity contribution in [3.8, 4) is 0 Å². The number of carbonyl (C=O) groups is 1. The Morgan fingerprint density at radius 3 is 2.77 bits per heavy atom. The predicted octanol–water partition coefficient (Wildman–Crippen LogP) is 3.03. The van der Waals surface area contributed by atoms with Crippen molar-refractivity contribution in [1.29, 1.82) is 0 Å². The second kappa shape index (κ2) is 8.58. The van der Waals surface area contributed by atoms with Crippen LogP contribution in [0, 0.1) is 6.92 Å². The Morgan fingerprint density at radius 1 is 1.20 bits per heavy atom. The Morgan fingerprint density at radius 2 is 2.00 bits per heavy atom. The molecule has 30 heavy (non-hydrogen) atoms. The smallest absolute Gasteiger partial charge is 0.408 e. The van der Waals surface area contributed by atoms with Gasteiger partial charge in [0.05, 0.1) is 12.1 Å². The van der Waals surface area contributed by atoms with E-state index >= 15 is 0 Å². The van der Waals surface area contributed by atoms with Crippen LogP contribution < -0.4 is 11.1 Å². The van der Waals surface area contributed by atoms with Crippen molar-refractivity contribution in [2.45, 2.75) is 24.8 Å². The molecule has 0 saturated heterocycles. The van der Waals surface area contributed by atoms with Gasteiger partial charge in [0.25, 0.3) is 0 Å². The largest absolute Gasteiger partial charge is 0.420 e. The molecule has 0 aliphatic heterocycles. The number of aromatic nitrogens is 3. The summed E-state index contributed by atoms with van der Waals surface area (Å²) < 4.78 is 11.7. The molecule has 8 nitrogen and oxygen atoms in total. The van der Waals surface area contributed by atoms with Gasteiger partial charge in [0.1, 0.15) is 0 Å². The molecule has 1 N–H and O–H groups in total. The molecule has 1 amide bonds. The normalized spacial score (nSPS) is 11.1. The lowest BCUT2D eigenvalue weighted by atomic mass is 10.1. The number of nitrogens with one attached hydrogen (secondary N) is 1. The minimum absolute atomic E-state index is 0.0495. The van der Waals surface area contributed by atoms with Crippen molar-refractivity contribution >= 4 is 28.8 Å². The molecular formula is C21H20N4O4S. The van der Waals surface area contributed by atoms with E-state index in [4.69, 9.17) is 8.94 Å². The van der Waals surface area contributed by atoms with E-state index in [2.05, 4.69) is 27.6 Å².